The summed E-state index contributed by atoms with van der Waals surface area (Å²) in [5.41, 5.74) is 2.29. The van der Waals surface area contributed by atoms with Gasteiger partial charge in [-0.2, -0.15) is 0 Å². The highest BCUT2D eigenvalue weighted by Crippen LogP contribution is 2.42. The molecule has 8 heteroatoms. The smallest absolute Gasteiger partial charge is 0.273 e. The summed E-state index contributed by atoms with van der Waals surface area (Å²) in [4.78, 5) is 42.7. The lowest BCUT2D eigenvalue weighted by Crippen LogP contribution is -2.57. The van der Waals surface area contributed by atoms with Crippen molar-refractivity contribution in [2.75, 3.05) is 26.2 Å². The average Bonchev–Trinajstić information content (AvgIpc) is 3.15. The summed E-state index contributed by atoms with van der Waals surface area (Å²) < 4.78 is 0. The van der Waals surface area contributed by atoms with E-state index in [0.29, 0.717) is 13.1 Å². The predicted molar refractivity (Wildman–Crippen MR) is 95.8 cm³/mol. The number of hydrogen-bond acceptors (Lipinski definition) is 5. The summed E-state index contributed by atoms with van der Waals surface area (Å²) in [6.07, 6.45) is 8.17. The first-order valence-electron chi connectivity index (χ1n) is 9.26. The van der Waals surface area contributed by atoms with E-state index in [0.717, 1.165) is 50.7 Å². The molecule has 1 amide bonds. The number of carbonyl (C=O) groups is 1. The normalized spacial score (nSPS) is 19.5. The van der Waals surface area contributed by atoms with E-state index < -0.39 is 0 Å². The van der Waals surface area contributed by atoms with Crippen molar-refractivity contribution in [1.29, 1.82) is 0 Å². The number of nitrogens with one attached hydrogen (secondary N) is 2. The summed E-state index contributed by atoms with van der Waals surface area (Å²) in [5.74, 6) is -0.129. The number of aromatic amines is 2. The molecule has 2 N–H and O–H groups in total. The Morgan fingerprint density at radius 2 is 2.04 bits per heavy atom. The van der Waals surface area contributed by atoms with Crippen molar-refractivity contribution < 1.29 is 4.79 Å². The second-order valence-electron chi connectivity index (χ2n) is 7.09. The molecule has 0 unspecified atom stereocenters. The lowest BCUT2D eigenvalue weighted by atomic mass is 9.78. The average molecular weight is 356 g/mol. The summed E-state index contributed by atoms with van der Waals surface area (Å²) in [6.45, 7) is 5.59. The first-order chi connectivity index (χ1) is 12.6. The Morgan fingerprint density at radius 3 is 2.73 bits per heavy atom. The molecular formula is C18H24N6O2. The molecule has 2 aliphatic rings. The number of amides is 1. The second kappa shape index (κ2) is 6.68. The van der Waals surface area contributed by atoms with Crippen LogP contribution >= 0.6 is 0 Å². The molecule has 0 aromatic carbocycles. The van der Waals surface area contributed by atoms with Crippen molar-refractivity contribution in [2.45, 2.75) is 38.1 Å². The molecule has 1 saturated heterocycles. The number of hydrogen-bond donors (Lipinski definition) is 2. The molecule has 4 heterocycles. The van der Waals surface area contributed by atoms with Gasteiger partial charge in [0.1, 0.15) is 5.69 Å². The van der Waals surface area contributed by atoms with Crippen molar-refractivity contribution in [3.63, 3.8) is 0 Å². The van der Waals surface area contributed by atoms with E-state index in [2.05, 4.69) is 31.8 Å². The van der Waals surface area contributed by atoms with Gasteiger partial charge in [-0.3, -0.25) is 14.5 Å². The van der Waals surface area contributed by atoms with Gasteiger partial charge in [0, 0.05) is 37.9 Å². The van der Waals surface area contributed by atoms with Crippen molar-refractivity contribution in [3.05, 3.63) is 46.2 Å². The summed E-state index contributed by atoms with van der Waals surface area (Å²) >= 11 is 0. The van der Waals surface area contributed by atoms with Crippen LogP contribution < -0.4 is 5.56 Å². The zero-order valence-electron chi connectivity index (χ0n) is 15.0. The van der Waals surface area contributed by atoms with Crippen LogP contribution in [0.2, 0.25) is 0 Å². The third-order valence-electron chi connectivity index (χ3n) is 5.66. The Hall–Kier alpha value is -2.48. The van der Waals surface area contributed by atoms with Crippen LogP contribution in [0.3, 0.4) is 0 Å². The van der Waals surface area contributed by atoms with Crippen LogP contribution in [0.4, 0.5) is 0 Å². The zero-order chi connectivity index (χ0) is 18.1. The highest BCUT2D eigenvalue weighted by molar-refractivity contribution is 5.92. The Bertz CT molecular complexity index is 829. The number of H-pyrrole nitrogens is 2. The second-order valence-corrected chi connectivity index (χ2v) is 7.09. The fourth-order valence-electron chi connectivity index (χ4n) is 4.37. The Morgan fingerprint density at radius 1 is 1.23 bits per heavy atom. The van der Waals surface area contributed by atoms with E-state index in [1.165, 1.54) is 11.9 Å². The lowest BCUT2D eigenvalue weighted by Gasteiger charge is -2.50. The fraction of sp³-hybridized carbons (Fsp3) is 0.556. The molecule has 4 rings (SSSR count). The number of fused-ring (bicyclic) bond motifs is 2. The van der Waals surface area contributed by atoms with Crippen molar-refractivity contribution in [1.82, 2.24) is 29.7 Å². The van der Waals surface area contributed by atoms with Crippen LogP contribution in [0, 0.1) is 0 Å². The first kappa shape index (κ1) is 17.0. The fourth-order valence-corrected chi connectivity index (χ4v) is 4.37. The van der Waals surface area contributed by atoms with Gasteiger partial charge < -0.3 is 14.9 Å². The number of imidazole rings is 1. The molecule has 0 saturated carbocycles. The molecule has 0 bridgehead atoms. The molecule has 1 fully saturated rings. The summed E-state index contributed by atoms with van der Waals surface area (Å²) in [6, 6.07) is 0. The van der Waals surface area contributed by atoms with Gasteiger partial charge in [-0.15, -0.1) is 0 Å². The van der Waals surface area contributed by atoms with Crippen molar-refractivity contribution in [3.8, 4) is 0 Å². The summed E-state index contributed by atoms with van der Waals surface area (Å²) in [5, 5.41) is 0. The summed E-state index contributed by atoms with van der Waals surface area (Å²) in [7, 11) is 0. The van der Waals surface area contributed by atoms with E-state index >= 15 is 0 Å². The van der Waals surface area contributed by atoms with E-state index in [1.807, 2.05) is 4.90 Å². The highest BCUT2D eigenvalue weighted by atomic mass is 16.2. The van der Waals surface area contributed by atoms with Gasteiger partial charge in [0.25, 0.3) is 11.5 Å². The van der Waals surface area contributed by atoms with Crippen LogP contribution in [-0.4, -0.2) is 61.8 Å². The highest BCUT2D eigenvalue weighted by Gasteiger charge is 2.46. The minimum Gasteiger partial charge on any atom is -0.348 e. The van der Waals surface area contributed by atoms with E-state index in [-0.39, 0.29) is 22.7 Å². The molecule has 26 heavy (non-hydrogen) atoms. The molecule has 2 aromatic rings. The maximum Gasteiger partial charge on any atom is 0.273 e. The van der Waals surface area contributed by atoms with Crippen molar-refractivity contribution >= 4 is 5.91 Å². The van der Waals surface area contributed by atoms with Gasteiger partial charge in [-0.05, 0) is 25.8 Å². The molecular weight excluding hydrogens is 332 g/mol. The molecule has 0 radical (unpaired) electrons. The van der Waals surface area contributed by atoms with Gasteiger partial charge in [0.2, 0.25) is 0 Å². The number of nitrogens with zero attached hydrogens (tertiary/aromatic N) is 4. The van der Waals surface area contributed by atoms with Gasteiger partial charge in [0.05, 0.1) is 23.8 Å². The third kappa shape index (κ3) is 2.74. The minimum absolute atomic E-state index is 0.0845. The standard InChI is InChI=1S/C18H24N6O2/c1-2-6-24-7-3-13-16(22-12-21-13)18(24)4-8-23(9-5-18)17(26)14-10-20-15(25)11-19-14/h10-12H,2-9H2,1H3,(H,20,25)(H,21,22). The minimum atomic E-state index is -0.303. The topological polar surface area (TPSA) is 98.0 Å². The number of rotatable bonds is 3. The van der Waals surface area contributed by atoms with Gasteiger partial charge >= 0.3 is 0 Å². The van der Waals surface area contributed by atoms with Crippen LogP contribution in [0.5, 0.6) is 0 Å². The van der Waals surface area contributed by atoms with Crippen LogP contribution in [0.15, 0.2) is 23.5 Å². The molecule has 8 nitrogen and oxygen atoms in total. The molecule has 2 aliphatic heterocycles. The Balaban J connectivity index is 1.55. The van der Waals surface area contributed by atoms with Gasteiger partial charge in [0.15, 0.2) is 0 Å². The zero-order valence-corrected chi connectivity index (χ0v) is 15.0. The maximum atomic E-state index is 12.7. The van der Waals surface area contributed by atoms with E-state index in [9.17, 15) is 9.59 Å². The van der Waals surface area contributed by atoms with E-state index in [1.54, 1.807) is 6.33 Å². The van der Waals surface area contributed by atoms with Crippen molar-refractivity contribution in [2.24, 2.45) is 0 Å². The number of carbonyl (C=O) groups excluding carboxylic acids is 1. The Labute approximate surface area is 151 Å². The van der Waals surface area contributed by atoms with Crippen LogP contribution in [0.1, 0.15) is 48.1 Å². The molecule has 2 aromatic heterocycles. The Kier molecular flexibility index (Phi) is 4.36. The lowest BCUT2D eigenvalue weighted by molar-refractivity contribution is 0.00688. The van der Waals surface area contributed by atoms with Gasteiger partial charge in [-0.25, -0.2) is 9.97 Å². The SMILES string of the molecule is CCCN1CCc2[nH]cnc2C12CCN(C(=O)c1c[nH]c(=O)cn1)CC2. The number of aromatic nitrogens is 4. The largest absolute Gasteiger partial charge is 0.348 e. The molecule has 1 spiro atoms. The quantitative estimate of drug-likeness (QED) is 0.851. The van der Waals surface area contributed by atoms with Crippen LogP contribution in [-0.2, 0) is 12.0 Å². The van der Waals surface area contributed by atoms with E-state index in [4.69, 9.17) is 0 Å². The monoisotopic (exact) mass is 356 g/mol. The third-order valence-corrected chi connectivity index (χ3v) is 5.66. The predicted octanol–water partition coefficient (Wildman–Crippen LogP) is 0.893. The van der Waals surface area contributed by atoms with Crippen LogP contribution in [0.25, 0.3) is 0 Å². The molecule has 138 valence electrons. The molecule has 0 aliphatic carbocycles. The number of piperidine rings is 1. The first-order valence-corrected chi connectivity index (χ1v) is 9.26. The number of likely N-dealkylation sites (tertiary alicyclic amines) is 1. The molecule has 0 atom stereocenters. The maximum absolute atomic E-state index is 12.7. The van der Waals surface area contributed by atoms with Gasteiger partial charge in [-0.1, -0.05) is 6.92 Å².